The number of halogens is 2. The third-order valence-corrected chi connectivity index (χ3v) is 7.02. The molecule has 190 valence electrons. The predicted octanol–water partition coefficient (Wildman–Crippen LogP) is 4.61. The van der Waals surface area contributed by atoms with Crippen molar-refractivity contribution >= 4 is 67.8 Å². The molecule has 0 saturated heterocycles. The number of aldehydes is 1. The minimum absolute atomic E-state index is 0.110. The molecule has 3 aromatic carbocycles. The molecule has 3 aromatic rings. The second-order valence-electron chi connectivity index (χ2n) is 8.83. The van der Waals surface area contributed by atoms with E-state index in [9.17, 15) is 22.8 Å². The average molecular weight is 551 g/mol. The van der Waals surface area contributed by atoms with Crippen LogP contribution in [0.5, 0.6) is 0 Å². The zero-order valence-electron chi connectivity index (χ0n) is 19.7. The number of carbonyl (C=O) groups is 3. The molecule has 0 saturated carbocycles. The summed E-state index contributed by atoms with van der Waals surface area (Å²) in [5.74, 6) is -1.17. The lowest BCUT2D eigenvalue weighted by atomic mass is 10.1. The molecule has 0 aromatic heterocycles. The van der Waals surface area contributed by atoms with Crippen LogP contribution >= 0.6 is 23.2 Å². The van der Waals surface area contributed by atoms with Gasteiger partial charge in [-0.15, -0.1) is 0 Å². The molecule has 0 heterocycles. The number of hydrogen-bond acceptors (Lipinski definition) is 6. The van der Waals surface area contributed by atoms with Gasteiger partial charge < -0.3 is 14.8 Å². The van der Waals surface area contributed by atoms with Gasteiger partial charge in [-0.1, -0.05) is 35.3 Å². The highest BCUT2D eigenvalue weighted by molar-refractivity contribution is 7.92. The molecule has 0 aliphatic carbocycles. The van der Waals surface area contributed by atoms with Crippen LogP contribution in [0.25, 0.3) is 10.8 Å². The summed E-state index contributed by atoms with van der Waals surface area (Å²) in [7, 11) is -4.28. The van der Waals surface area contributed by atoms with Crippen molar-refractivity contribution in [1.82, 2.24) is 5.32 Å². The number of fused-ring (bicyclic) bond motifs is 1. The van der Waals surface area contributed by atoms with Crippen LogP contribution in [0, 0.1) is 0 Å². The normalized spacial score (nSPS) is 11.7. The number of carbonyl (C=O) groups excluding carboxylic acids is 3. The Kier molecular flexibility index (Phi) is 8.28. The number of sulfonamides is 1. The van der Waals surface area contributed by atoms with Crippen LogP contribution in [-0.4, -0.2) is 45.3 Å². The van der Waals surface area contributed by atoms with Crippen LogP contribution < -0.4 is 9.62 Å². The molecule has 0 unspecified atom stereocenters. The number of esters is 1. The van der Waals surface area contributed by atoms with Crippen LogP contribution in [0.1, 0.15) is 31.1 Å². The van der Waals surface area contributed by atoms with E-state index in [1.807, 2.05) is 0 Å². The first-order valence-electron chi connectivity index (χ1n) is 10.8. The van der Waals surface area contributed by atoms with E-state index >= 15 is 0 Å². The van der Waals surface area contributed by atoms with Crippen molar-refractivity contribution in [2.75, 3.05) is 17.4 Å². The Morgan fingerprint density at radius 2 is 1.58 bits per heavy atom. The molecule has 0 fully saturated rings. The molecule has 0 spiro atoms. The highest BCUT2D eigenvalue weighted by Gasteiger charge is 2.30. The maximum Gasteiger partial charge on any atom is 0.327 e. The minimum atomic E-state index is -4.28. The molecule has 0 aliphatic heterocycles. The monoisotopic (exact) mass is 550 g/mol. The fraction of sp³-hybridized carbons (Fsp3) is 0.240. The summed E-state index contributed by atoms with van der Waals surface area (Å²) in [6.07, 6.45) is 0.581. The van der Waals surface area contributed by atoms with Crippen LogP contribution in [0.4, 0.5) is 5.69 Å². The summed E-state index contributed by atoms with van der Waals surface area (Å²) in [6.45, 7) is 4.33. The van der Waals surface area contributed by atoms with E-state index in [0.717, 1.165) is 4.31 Å². The Bertz CT molecular complexity index is 1410. The lowest BCUT2D eigenvalue weighted by Gasteiger charge is -2.26. The van der Waals surface area contributed by atoms with Gasteiger partial charge >= 0.3 is 5.97 Å². The summed E-state index contributed by atoms with van der Waals surface area (Å²) in [5.41, 5.74) is -0.290. The second-order valence-corrected chi connectivity index (χ2v) is 11.6. The Morgan fingerprint density at radius 1 is 0.972 bits per heavy atom. The van der Waals surface area contributed by atoms with Crippen molar-refractivity contribution in [2.45, 2.75) is 31.3 Å². The number of amides is 1. The molecular formula is C25H24Cl2N2O6S. The van der Waals surface area contributed by atoms with Crippen LogP contribution in [0.2, 0.25) is 10.0 Å². The van der Waals surface area contributed by atoms with E-state index in [0.29, 0.717) is 22.6 Å². The molecule has 0 radical (unpaired) electrons. The number of anilines is 1. The van der Waals surface area contributed by atoms with Crippen LogP contribution in [-0.2, 0) is 24.3 Å². The number of hydrogen-bond donors (Lipinski definition) is 1. The molecule has 0 atom stereocenters. The molecule has 36 heavy (non-hydrogen) atoms. The van der Waals surface area contributed by atoms with Gasteiger partial charge in [0.15, 0.2) is 0 Å². The lowest BCUT2D eigenvalue weighted by molar-refractivity contribution is -0.152. The average Bonchev–Trinajstić information content (AvgIpc) is 2.78. The van der Waals surface area contributed by atoms with Crippen LogP contribution in [0.3, 0.4) is 0 Å². The molecule has 1 amide bonds. The van der Waals surface area contributed by atoms with Gasteiger partial charge in [-0.25, -0.2) is 8.42 Å². The third kappa shape index (κ3) is 6.75. The Balaban J connectivity index is 2.07. The number of nitrogens with one attached hydrogen (secondary N) is 1. The Hall–Kier alpha value is -3.14. The number of ether oxygens (including phenoxy) is 1. The van der Waals surface area contributed by atoms with Gasteiger partial charge in [0.2, 0.25) is 0 Å². The molecular weight excluding hydrogens is 527 g/mol. The molecule has 3 rings (SSSR count). The fourth-order valence-corrected chi connectivity index (χ4v) is 5.50. The van der Waals surface area contributed by atoms with E-state index in [-0.39, 0.29) is 27.2 Å². The summed E-state index contributed by atoms with van der Waals surface area (Å²) in [6, 6.07) is 13.4. The third-order valence-electron chi connectivity index (χ3n) is 4.84. The SMILES string of the molecule is CC(C)(C)OC(=O)CN(c1ccc2cc(C(=O)NCC=O)ccc2c1)S(=O)(=O)c1cc(Cl)cc(Cl)c1. The van der Waals surface area contributed by atoms with Crippen molar-refractivity contribution in [3.05, 3.63) is 70.2 Å². The van der Waals surface area contributed by atoms with Crippen molar-refractivity contribution in [3.8, 4) is 0 Å². The Morgan fingerprint density at radius 3 is 2.19 bits per heavy atom. The first kappa shape index (κ1) is 27.4. The summed E-state index contributed by atoms with van der Waals surface area (Å²) in [5, 5.41) is 3.98. The highest BCUT2D eigenvalue weighted by Crippen LogP contribution is 2.31. The van der Waals surface area contributed by atoms with Gasteiger partial charge in [-0.2, -0.15) is 0 Å². The zero-order valence-corrected chi connectivity index (χ0v) is 22.1. The van der Waals surface area contributed by atoms with Gasteiger partial charge in [0, 0.05) is 15.6 Å². The van der Waals surface area contributed by atoms with Crippen molar-refractivity contribution in [3.63, 3.8) is 0 Å². The van der Waals surface area contributed by atoms with Gasteiger partial charge in [0.05, 0.1) is 17.1 Å². The summed E-state index contributed by atoms with van der Waals surface area (Å²) in [4.78, 5) is 35.2. The number of rotatable bonds is 8. The van der Waals surface area contributed by atoms with E-state index in [1.165, 1.54) is 24.3 Å². The van der Waals surface area contributed by atoms with E-state index in [1.54, 1.807) is 51.1 Å². The predicted molar refractivity (Wildman–Crippen MR) is 139 cm³/mol. The van der Waals surface area contributed by atoms with Crippen molar-refractivity contribution in [1.29, 1.82) is 0 Å². The van der Waals surface area contributed by atoms with Gasteiger partial charge in [-0.3, -0.25) is 13.9 Å². The van der Waals surface area contributed by atoms with Gasteiger partial charge in [-0.05, 0) is 74.0 Å². The molecule has 0 aliphatic rings. The first-order valence-corrected chi connectivity index (χ1v) is 13.0. The van der Waals surface area contributed by atoms with Gasteiger partial charge in [0.25, 0.3) is 15.9 Å². The molecule has 1 N–H and O–H groups in total. The van der Waals surface area contributed by atoms with E-state index in [4.69, 9.17) is 27.9 Å². The number of benzene rings is 3. The minimum Gasteiger partial charge on any atom is -0.459 e. The smallest absolute Gasteiger partial charge is 0.327 e. The highest BCUT2D eigenvalue weighted by atomic mass is 35.5. The topological polar surface area (TPSA) is 110 Å². The van der Waals surface area contributed by atoms with Gasteiger partial charge in [0.1, 0.15) is 18.4 Å². The second kappa shape index (κ2) is 10.9. The lowest BCUT2D eigenvalue weighted by Crippen LogP contribution is -2.39. The van der Waals surface area contributed by atoms with E-state index in [2.05, 4.69) is 5.32 Å². The molecule has 8 nitrogen and oxygen atoms in total. The first-order chi connectivity index (χ1) is 16.8. The molecule has 11 heteroatoms. The van der Waals surface area contributed by atoms with Crippen LogP contribution in [0.15, 0.2) is 59.5 Å². The maximum atomic E-state index is 13.6. The van der Waals surface area contributed by atoms with Crippen molar-refractivity contribution < 1.29 is 27.5 Å². The summed E-state index contributed by atoms with van der Waals surface area (Å²) < 4.78 is 33.6. The number of nitrogens with zero attached hydrogens (tertiary/aromatic N) is 1. The van der Waals surface area contributed by atoms with E-state index < -0.39 is 34.0 Å². The quantitative estimate of drug-likeness (QED) is 0.324. The van der Waals surface area contributed by atoms with Crippen molar-refractivity contribution in [2.24, 2.45) is 0 Å². The fourth-order valence-electron chi connectivity index (χ4n) is 3.38. The summed E-state index contributed by atoms with van der Waals surface area (Å²) >= 11 is 12.1. The standard InChI is InChI=1S/C25H24Cl2N2O6S/c1-25(2,3)35-23(31)15-29(36(33,34)22-13-19(26)12-20(27)14-22)21-7-6-16-10-18(5-4-17(16)11-21)24(32)28-8-9-30/h4-7,9-14H,8,15H2,1-3H3,(H,28,32). The molecule has 0 bridgehead atoms. The maximum absolute atomic E-state index is 13.6. The largest absolute Gasteiger partial charge is 0.459 e. The zero-order chi connectivity index (χ0) is 26.7. The Labute approximate surface area is 219 Å².